The van der Waals surface area contributed by atoms with Crippen LogP contribution >= 0.6 is 0 Å². The number of aromatic nitrogens is 2. The zero-order valence-corrected chi connectivity index (χ0v) is 24.6. The van der Waals surface area contributed by atoms with E-state index >= 15 is 0 Å². The number of hydrogen-bond donors (Lipinski definition) is 0. The van der Waals surface area contributed by atoms with Gasteiger partial charge in [-0.25, -0.2) is 9.13 Å². The highest BCUT2D eigenvalue weighted by Crippen LogP contribution is 2.14. The Morgan fingerprint density at radius 2 is 0.857 bits per heavy atom. The van der Waals surface area contributed by atoms with Gasteiger partial charge in [0.2, 0.25) is 0 Å². The molecule has 0 saturated carbocycles. The zero-order chi connectivity index (χ0) is 25.2. The van der Waals surface area contributed by atoms with Gasteiger partial charge in [0.15, 0.2) is 0 Å². The van der Waals surface area contributed by atoms with Gasteiger partial charge in [-0.2, -0.15) is 0 Å². The Bertz CT molecular complexity index is 547. The molecule has 0 N–H and O–H groups in total. The summed E-state index contributed by atoms with van der Waals surface area (Å²) >= 11 is 0. The Balaban J connectivity index is 1.96. The van der Waals surface area contributed by atoms with Crippen LogP contribution in [0, 0.1) is 0 Å². The molecule has 0 aromatic carbocycles. The van der Waals surface area contributed by atoms with Crippen LogP contribution in [0.15, 0.2) is 12.4 Å². The predicted molar refractivity (Wildman–Crippen MR) is 156 cm³/mol. The van der Waals surface area contributed by atoms with Crippen molar-refractivity contribution in [3.63, 3.8) is 0 Å². The predicted octanol–water partition coefficient (Wildman–Crippen LogP) is 10.7. The number of nitrogens with zero attached hydrogens (tertiary/aromatic N) is 2. The minimum atomic E-state index is 1.11. The fourth-order valence-electron chi connectivity index (χ4n) is 5.52. The summed E-state index contributed by atoms with van der Waals surface area (Å²) in [5.41, 5.74) is 0. The molecule has 1 aromatic rings. The lowest BCUT2D eigenvalue weighted by Gasteiger charge is -2.06. The monoisotopic (exact) mass is 490 g/mol. The molecule has 2 nitrogen and oxygen atoms in total. The van der Waals surface area contributed by atoms with Crippen molar-refractivity contribution < 1.29 is 4.57 Å². The maximum atomic E-state index is 2.56. The van der Waals surface area contributed by atoms with Gasteiger partial charge in [0.05, 0.1) is 13.1 Å². The average molecular weight is 490 g/mol. The van der Waals surface area contributed by atoms with Crippen molar-refractivity contribution in [3.8, 4) is 0 Å². The van der Waals surface area contributed by atoms with Crippen molar-refractivity contribution >= 4 is 0 Å². The van der Waals surface area contributed by atoms with Crippen molar-refractivity contribution in [3.05, 3.63) is 18.2 Å². The molecule has 0 fully saturated rings. The number of rotatable bonds is 27. The maximum Gasteiger partial charge on any atom is 0.256 e. The summed E-state index contributed by atoms with van der Waals surface area (Å²) in [5.74, 6) is 1.57. The number of unbranched alkanes of at least 4 members (excludes halogenated alkanes) is 22. The van der Waals surface area contributed by atoms with E-state index in [1.54, 1.807) is 5.82 Å². The molecule has 35 heavy (non-hydrogen) atoms. The van der Waals surface area contributed by atoms with E-state index in [9.17, 15) is 0 Å². The number of imidazole rings is 1. The van der Waals surface area contributed by atoms with Crippen LogP contribution in [-0.4, -0.2) is 4.57 Å². The van der Waals surface area contributed by atoms with Gasteiger partial charge in [0.1, 0.15) is 12.4 Å². The van der Waals surface area contributed by atoms with E-state index in [0.717, 1.165) is 6.54 Å². The lowest BCUT2D eigenvalue weighted by Crippen LogP contribution is -2.37. The molecule has 1 heterocycles. The fraction of sp³-hybridized carbons (Fsp3) is 0.909. The number of aryl methyl sites for hydroxylation is 2. The molecule has 0 aliphatic carbocycles. The summed E-state index contributed by atoms with van der Waals surface area (Å²) in [5, 5.41) is 0. The highest BCUT2D eigenvalue weighted by Gasteiger charge is 2.15. The Labute approximate surface area is 221 Å². The van der Waals surface area contributed by atoms with Crippen molar-refractivity contribution in [2.24, 2.45) is 0 Å². The van der Waals surface area contributed by atoms with Crippen molar-refractivity contribution in [1.29, 1.82) is 0 Å². The molecular weight excluding hydrogens is 424 g/mol. The second kappa shape index (κ2) is 24.9. The van der Waals surface area contributed by atoms with E-state index in [0.29, 0.717) is 0 Å². The van der Waals surface area contributed by atoms with Gasteiger partial charge in [-0.3, -0.25) is 0 Å². The van der Waals surface area contributed by atoms with Crippen LogP contribution in [0.1, 0.15) is 181 Å². The van der Waals surface area contributed by atoms with Crippen LogP contribution in [0.2, 0.25) is 0 Å². The second-order valence-corrected chi connectivity index (χ2v) is 11.2. The zero-order valence-electron chi connectivity index (χ0n) is 24.6. The van der Waals surface area contributed by atoms with Crippen molar-refractivity contribution in [1.82, 2.24) is 4.57 Å². The highest BCUT2D eigenvalue weighted by molar-refractivity contribution is 4.83. The molecule has 0 aliphatic heterocycles. The van der Waals surface area contributed by atoms with E-state index in [1.807, 2.05) is 0 Å². The molecule has 1 rings (SSSR count). The van der Waals surface area contributed by atoms with Gasteiger partial charge < -0.3 is 0 Å². The van der Waals surface area contributed by atoms with Gasteiger partial charge in [0.25, 0.3) is 5.82 Å². The molecule has 2 heteroatoms. The summed E-state index contributed by atoms with van der Waals surface area (Å²) in [6, 6.07) is 0. The fourth-order valence-corrected chi connectivity index (χ4v) is 5.52. The summed E-state index contributed by atoms with van der Waals surface area (Å²) in [6.07, 6.45) is 40.3. The Morgan fingerprint density at radius 1 is 0.486 bits per heavy atom. The maximum absolute atomic E-state index is 2.56. The molecule has 1 aromatic heterocycles. The molecule has 0 amide bonds. The van der Waals surface area contributed by atoms with E-state index in [1.165, 1.54) is 167 Å². The third-order valence-corrected chi connectivity index (χ3v) is 7.94. The third-order valence-electron chi connectivity index (χ3n) is 7.94. The summed E-state index contributed by atoms with van der Waals surface area (Å²) in [7, 11) is 0. The van der Waals surface area contributed by atoms with Crippen molar-refractivity contribution in [2.75, 3.05) is 0 Å². The molecule has 0 aliphatic rings. The minimum absolute atomic E-state index is 1.11. The SMILES string of the molecule is CCCCCCCCCCCCCCCCCCC[n+]1ccn(CC)c1CCCCCCCCC. The lowest BCUT2D eigenvalue weighted by atomic mass is 10.0. The normalized spacial score (nSPS) is 11.5. The molecule has 0 radical (unpaired) electrons. The van der Waals surface area contributed by atoms with Gasteiger partial charge in [-0.1, -0.05) is 149 Å². The summed E-state index contributed by atoms with van der Waals surface area (Å²) < 4.78 is 5.04. The van der Waals surface area contributed by atoms with Crippen LogP contribution in [0.3, 0.4) is 0 Å². The van der Waals surface area contributed by atoms with Crippen LogP contribution in [0.25, 0.3) is 0 Å². The second-order valence-electron chi connectivity index (χ2n) is 11.2. The van der Waals surface area contributed by atoms with Crippen LogP contribution in [-0.2, 0) is 19.5 Å². The Morgan fingerprint density at radius 3 is 1.26 bits per heavy atom. The standard InChI is InChI=1S/C33H65N2/c1-4-7-9-11-13-14-15-16-17-18-19-20-21-22-24-26-28-30-35-32-31-34(6-3)33(35)29-27-25-23-12-10-8-5-2/h31-32H,4-30H2,1-3H3/q+1. The van der Waals surface area contributed by atoms with E-state index in [2.05, 4.69) is 42.3 Å². The van der Waals surface area contributed by atoms with Gasteiger partial charge in [-0.05, 0) is 26.2 Å². The molecule has 0 unspecified atom stereocenters. The first kappa shape index (κ1) is 32.2. The lowest BCUT2D eigenvalue weighted by molar-refractivity contribution is -0.704. The molecule has 0 bridgehead atoms. The topological polar surface area (TPSA) is 8.81 Å². The quantitative estimate of drug-likeness (QED) is 0.0858. The molecular formula is C33H65N2+. The summed E-state index contributed by atoms with van der Waals surface area (Å²) in [4.78, 5) is 0. The first-order valence-corrected chi connectivity index (χ1v) is 16.4. The Kier molecular flexibility index (Phi) is 22.9. The van der Waals surface area contributed by atoms with Crippen LogP contribution in [0.5, 0.6) is 0 Å². The largest absolute Gasteiger partial charge is 0.256 e. The van der Waals surface area contributed by atoms with Gasteiger partial charge >= 0.3 is 0 Å². The average Bonchev–Trinajstić information content (AvgIpc) is 3.27. The molecule has 0 spiro atoms. The first-order valence-electron chi connectivity index (χ1n) is 16.4. The van der Waals surface area contributed by atoms with Crippen molar-refractivity contribution in [2.45, 2.75) is 194 Å². The summed E-state index contributed by atoms with van der Waals surface area (Å²) in [6.45, 7) is 9.22. The first-order chi connectivity index (χ1) is 17.3. The van der Waals surface area contributed by atoms with E-state index in [4.69, 9.17) is 0 Å². The van der Waals surface area contributed by atoms with E-state index in [-0.39, 0.29) is 0 Å². The molecule has 206 valence electrons. The van der Waals surface area contributed by atoms with E-state index < -0.39 is 0 Å². The van der Waals surface area contributed by atoms with Gasteiger partial charge in [0, 0.05) is 6.42 Å². The number of hydrogen-bond acceptors (Lipinski definition) is 0. The van der Waals surface area contributed by atoms with Crippen LogP contribution in [0.4, 0.5) is 0 Å². The third kappa shape index (κ3) is 18.2. The smallest absolute Gasteiger partial charge is 0.235 e. The minimum Gasteiger partial charge on any atom is -0.235 e. The van der Waals surface area contributed by atoms with Gasteiger partial charge in [-0.15, -0.1) is 0 Å². The molecule has 0 saturated heterocycles. The Hall–Kier alpha value is -0.790. The van der Waals surface area contributed by atoms with Crippen LogP contribution < -0.4 is 4.57 Å². The highest BCUT2D eigenvalue weighted by atomic mass is 15.1. The molecule has 0 atom stereocenters.